The largest absolute Gasteiger partial charge is 0.339 e. The standard InChI is InChI=1S/C15H13ClN2OS.C4H11N/c1-2-20-8-13(19)9-3-5-12-11(7-9)10-4-6-14(16)18-15(10)17-12;1-3-5-4-2/h3-7H,2,8H2,1H3,(H,17,18);5H,3-4H2,1-2H3. The average molecular weight is 378 g/mol. The summed E-state index contributed by atoms with van der Waals surface area (Å²) < 4.78 is 0. The number of ketones is 1. The number of nitrogens with zero attached hydrogens (tertiary/aromatic N) is 1. The van der Waals surface area contributed by atoms with Gasteiger partial charge in [0.05, 0.1) is 5.75 Å². The topological polar surface area (TPSA) is 57.8 Å². The van der Waals surface area contributed by atoms with Gasteiger partial charge in [0, 0.05) is 21.9 Å². The Balaban J connectivity index is 0.000000399. The monoisotopic (exact) mass is 377 g/mol. The number of pyridine rings is 1. The van der Waals surface area contributed by atoms with E-state index in [2.05, 4.69) is 36.1 Å². The molecule has 0 amide bonds. The van der Waals surface area contributed by atoms with E-state index in [9.17, 15) is 4.79 Å². The summed E-state index contributed by atoms with van der Waals surface area (Å²) in [5.41, 5.74) is 2.46. The molecule has 0 bridgehead atoms. The van der Waals surface area contributed by atoms with Crippen LogP contribution in [0.4, 0.5) is 0 Å². The number of aromatic amines is 1. The van der Waals surface area contributed by atoms with E-state index >= 15 is 0 Å². The molecule has 0 fully saturated rings. The number of nitrogens with one attached hydrogen (secondary N) is 2. The third-order valence-corrected chi connectivity index (χ3v) is 4.77. The van der Waals surface area contributed by atoms with Gasteiger partial charge in [0.2, 0.25) is 0 Å². The predicted octanol–water partition coefficient (Wildman–Crippen LogP) is 4.92. The molecular weight excluding hydrogens is 354 g/mol. The third-order valence-electron chi connectivity index (χ3n) is 3.68. The Bertz CT molecular complexity index is 845. The molecule has 0 radical (unpaired) electrons. The summed E-state index contributed by atoms with van der Waals surface area (Å²) in [6.07, 6.45) is 0. The fourth-order valence-corrected chi connectivity index (χ4v) is 3.16. The molecule has 134 valence electrons. The van der Waals surface area contributed by atoms with E-state index in [0.29, 0.717) is 10.9 Å². The van der Waals surface area contributed by atoms with Crippen molar-refractivity contribution in [3.8, 4) is 0 Å². The van der Waals surface area contributed by atoms with Crippen molar-refractivity contribution in [3.05, 3.63) is 41.0 Å². The second kappa shape index (κ2) is 9.80. The molecule has 6 heteroatoms. The molecule has 4 nitrogen and oxygen atoms in total. The fraction of sp³-hybridized carbons (Fsp3) is 0.368. The summed E-state index contributed by atoms with van der Waals surface area (Å²) in [4.78, 5) is 19.6. The zero-order valence-electron chi connectivity index (χ0n) is 14.9. The van der Waals surface area contributed by atoms with Crippen molar-refractivity contribution in [2.45, 2.75) is 20.8 Å². The van der Waals surface area contributed by atoms with Gasteiger partial charge in [0.1, 0.15) is 10.8 Å². The number of aromatic nitrogens is 2. The number of carbonyl (C=O) groups is 1. The van der Waals surface area contributed by atoms with Crippen LogP contribution in [0.1, 0.15) is 31.1 Å². The SMILES string of the molecule is CCNCC.CCSCC(=O)c1ccc2[nH]c3nc(Cl)ccc3c2c1. The van der Waals surface area contributed by atoms with Crippen LogP contribution in [-0.2, 0) is 0 Å². The number of Topliss-reactive ketones (excluding diaryl/α,β-unsaturated/α-hetero) is 1. The molecule has 1 aromatic carbocycles. The molecule has 25 heavy (non-hydrogen) atoms. The summed E-state index contributed by atoms with van der Waals surface area (Å²) >= 11 is 7.53. The highest BCUT2D eigenvalue weighted by atomic mass is 35.5. The Morgan fingerprint density at radius 2 is 1.92 bits per heavy atom. The van der Waals surface area contributed by atoms with Crippen LogP contribution in [0.2, 0.25) is 5.15 Å². The summed E-state index contributed by atoms with van der Waals surface area (Å²) in [6.45, 7) is 8.44. The zero-order valence-corrected chi connectivity index (χ0v) is 16.4. The first-order valence-corrected chi connectivity index (χ1v) is 10.0. The molecule has 0 aliphatic heterocycles. The van der Waals surface area contributed by atoms with Gasteiger partial charge in [0.15, 0.2) is 5.78 Å². The molecule has 2 aromatic heterocycles. The third kappa shape index (κ3) is 5.21. The molecular formula is C19H24ClN3OS. The van der Waals surface area contributed by atoms with E-state index in [1.165, 1.54) is 0 Å². The van der Waals surface area contributed by atoms with Gasteiger partial charge in [-0.3, -0.25) is 4.79 Å². The Kier molecular flexibility index (Phi) is 7.75. The molecule has 0 atom stereocenters. The maximum Gasteiger partial charge on any atom is 0.172 e. The van der Waals surface area contributed by atoms with Crippen molar-refractivity contribution >= 4 is 51.1 Å². The van der Waals surface area contributed by atoms with Crippen LogP contribution < -0.4 is 5.32 Å². The number of thioether (sulfide) groups is 1. The lowest BCUT2D eigenvalue weighted by atomic mass is 10.1. The van der Waals surface area contributed by atoms with E-state index in [1.54, 1.807) is 17.8 Å². The zero-order chi connectivity index (χ0) is 18.2. The molecule has 0 saturated carbocycles. The van der Waals surface area contributed by atoms with Gasteiger partial charge < -0.3 is 10.3 Å². The lowest BCUT2D eigenvalue weighted by Gasteiger charge is -2.00. The first-order chi connectivity index (χ1) is 12.1. The Labute approximate surface area is 157 Å². The van der Waals surface area contributed by atoms with Crippen molar-refractivity contribution in [2.75, 3.05) is 24.6 Å². The van der Waals surface area contributed by atoms with Gasteiger partial charge in [0.25, 0.3) is 0 Å². The van der Waals surface area contributed by atoms with Crippen molar-refractivity contribution in [3.63, 3.8) is 0 Å². The maximum absolute atomic E-state index is 12.1. The van der Waals surface area contributed by atoms with Crippen molar-refractivity contribution in [1.82, 2.24) is 15.3 Å². The Morgan fingerprint density at radius 3 is 2.56 bits per heavy atom. The van der Waals surface area contributed by atoms with Crippen LogP contribution in [0, 0.1) is 0 Å². The van der Waals surface area contributed by atoms with Crippen molar-refractivity contribution < 1.29 is 4.79 Å². The molecule has 0 unspecified atom stereocenters. The molecule has 0 spiro atoms. The van der Waals surface area contributed by atoms with E-state index in [4.69, 9.17) is 11.6 Å². The van der Waals surface area contributed by atoms with E-state index < -0.39 is 0 Å². The number of carbonyl (C=O) groups excluding carboxylic acids is 1. The Hall–Kier alpha value is -1.56. The van der Waals surface area contributed by atoms with Gasteiger partial charge in [-0.05, 0) is 49.2 Å². The second-order valence-corrected chi connectivity index (χ2v) is 7.09. The van der Waals surface area contributed by atoms with E-state index in [-0.39, 0.29) is 5.78 Å². The fourth-order valence-electron chi connectivity index (χ4n) is 2.45. The van der Waals surface area contributed by atoms with Gasteiger partial charge in [-0.15, -0.1) is 0 Å². The van der Waals surface area contributed by atoms with E-state index in [1.807, 2.05) is 24.3 Å². The number of benzene rings is 1. The normalized spacial score (nSPS) is 10.7. The summed E-state index contributed by atoms with van der Waals surface area (Å²) in [7, 11) is 0. The smallest absolute Gasteiger partial charge is 0.172 e. The number of H-pyrrole nitrogens is 1. The minimum Gasteiger partial charge on any atom is -0.339 e. The van der Waals surface area contributed by atoms with Gasteiger partial charge >= 0.3 is 0 Å². The number of halogens is 1. The summed E-state index contributed by atoms with van der Waals surface area (Å²) in [6, 6.07) is 9.41. The van der Waals surface area contributed by atoms with Crippen molar-refractivity contribution in [2.24, 2.45) is 0 Å². The molecule has 2 N–H and O–H groups in total. The van der Waals surface area contributed by atoms with Gasteiger partial charge in [-0.1, -0.05) is 32.4 Å². The number of hydrogen-bond acceptors (Lipinski definition) is 4. The molecule has 3 rings (SSSR count). The average Bonchev–Trinajstić information content (AvgIpc) is 2.97. The van der Waals surface area contributed by atoms with Gasteiger partial charge in [-0.25, -0.2) is 4.98 Å². The second-order valence-electron chi connectivity index (χ2n) is 5.43. The first-order valence-electron chi connectivity index (χ1n) is 8.50. The van der Waals surface area contributed by atoms with Crippen LogP contribution in [0.3, 0.4) is 0 Å². The van der Waals surface area contributed by atoms with Crippen LogP contribution in [0.5, 0.6) is 0 Å². The molecule has 0 saturated heterocycles. The van der Waals surface area contributed by atoms with Crippen LogP contribution in [0.15, 0.2) is 30.3 Å². The van der Waals surface area contributed by atoms with Crippen LogP contribution in [-0.4, -0.2) is 40.3 Å². The molecule has 0 aliphatic rings. The van der Waals surface area contributed by atoms with E-state index in [0.717, 1.165) is 46.3 Å². The van der Waals surface area contributed by atoms with Crippen LogP contribution in [0.25, 0.3) is 21.9 Å². The van der Waals surface area contributed by atoms with Gasteiger partial charge in [-0.2, -0.15) is 11.8 Å². The maximum atomic E-state index is 12.1. The summed E-state index contributed by atoms with van der Waals surface area (Å²) in [5.74, 6) is 1.63. The van der Waals surface area contributed by atoms with Crippen LogP contribution >= 0.6 is 23.4 Å². The Morgan fingerprint density at radius 1 is 1.16 bits per heavy atom. The lowest BCUT2D eigenvalue weighted by molar-refractivity contribution is 0.102. The minimum atomic E-state index is 0.162. The lowest BCUT2D eigenvalue weighted by Crippen LogP contribution is -2.09. The quantitative estimate of drug-likeness (QED) is 0.472. The number of fused-ring (bicyclic) bond motifs is 3. The van der Waals surface area contributed by atoms with Crippen molar-refractivity contribution in [1.29, 1.82) is 0 Å². The summed E-state index contributed by atoms with van der Waals surface area (Å²) in [5, 5.41) is 5.57. The highest BCUT2D eigenvalue weighted by Crippen LogP contribution is 2.26. The molecule has 2 heterocycles. The molecule has 0 aliphatic carbocycles. The predicted molar refractivity (Wildman–Crippen MR) is 110 cm³/mol. The molecule has 3 aromatic rings. The highest BCUT2D eigenvalue weighted by Gasteiger charge is 2.10. The number of hydrogen-bond donors (Lipinski definition) is 2. The highest BCUT2D eigenvalue weighted by molar-refractivity contribution is 7.99. The number of rotatable bonds is 6. The minimum absolute atomic E-state index is 0.162. The first kappa shape index (κ1) is 19.8.